The van der Waals surface area contributed by atoms with Crippen LogP contribution in [0.3, 0.4) is 0 Å². The predicted octanol–water partition coefficient (Wildman–Crippen LogP) is 0.786. The number of hydrogen-bond donors (Lipinski definition) is 2. The number of aromatic nitrogens is 2. The molecule has 1 atom stereocenters. The van der Waals surface area contributed by atoms with Gasteiger partial charge in [0, 0.05) is 31.9 Å². The lowest BCUT2D eigenvalue weighted by Gasteiger charge is -2.23. The Morgan fingerprint density at radius 1 is 1.17 bits per heavy atom. The Morgan fingerprint density at radius 3 is 2.78 bits per heavy atom. The van der Waals surface area contributed by atoms with Crippen molar-refractivity contribution >= 4 is 17.8 Å². The average molecular weight is 312 g/mol. The molecule has 0 saturated heterocycles. The predicted molar refractivity (Wildman–Crippen MR) is 82.9 cm³/mol. The van der Waals surface area contributed by atoms with Gasteiger partial charge >= 0.3 is 5.97 Å². The van der Waals surface area contributed by atoms with Gasteiger partial charge in [-0.1, -0.05) is 18.2 Å². The minimum atomic E-state index is -0.787. The number of amides is 1. The van der Waals surface area contributed by atoms with Crippen molar-refractivity contribution in [3.05, 3.63) is 53.9 Å². The lowest BCUT2D eigenvalue weighted by atomic mass is 9.98. The highest BCUT2D eigenvalue weighted by atomic mass is 16.5. The van der Waals surface area contributed by atoms with E-state index in [1.807, 2.05) is 12.1 Å². The molecule has 1 aliphatic rings. The number of esters is 1. The Kier molecular flexibility index (Phi) is 4.46. The Balaban J connectivity index is 1.49. The Morgan fingerprint density at radius 2 is 1.96 bits per heavy atom. The number of hydrogen-bond acceptors (Lipinski definition) is 6. The molecule has 2 N–H and O–H groups in total. The largest absolute Gasteiger partial charge is 0.448 e. The smallest absolute Gasteiger partial charge is 0.339 e. The van der Waals surface area contributed by atoms with Gasteiger partial charge in [0.25, 0.3) is 5.91 Å². The second-order valence-corrected chi connectivity index (χ2v) is 5.05. The van der Waals surface area contributed by atoms with Crippen LogP contribution in [0.2, 0.25) is 0 Å². The van der Waals surface area contributed by atoms with Gasteiger partial charge in [-0.2, -0.15) is 0 Å². The molecule has 1 aromatic heterocycles. The molecule has 1 aliphatic heterocycles. The first kappa shape index (κ1) is 15.0. The number of carbonyl (C=O) groups excluding carboxylic acids is 2. The maximum absolute atomic E-state index is 12.1. The highest BCUT2D eigenvalue weighted by molar-refractivity contribution is 5.95. The monoisotopic (exact) mass is 312 g/mol. The summed E-state index contributed by atoms with van der Waals surface area (Å²) in [6, 6.07) is 8.89. The summed E-state index contributed by atoms with van der Waals surface area (Å²) in [7, 11) is 0. The van der Waals surface area contributed by atoms with Crippen LogP contribution in [0.25, 0.3) is 0 Å². The number of rotatable bonds is 5. The SMILES string of the molecule is O=C1O[C@@H](C(=O)NCCNc2ncccn2)Cc2ccccc21. The zero-order chi connectivity index (χ0) is 16.1. The Hall–Kier alpha value is -2.96. The third-order valence-corrected chi connectivity index (χ3v) is 3.46. The average Bonchev–Trinajstić information content (AvgIpc) is 2.59. The van der Waals surface area contributed by atoms with Crippen molar-refractivity contribution in [1.29, 1.82) is 0 Å². The van der Waals surface area contributed by atoms with E-state index in [1.165, 1.54) is 0 Å². The van der Waals surface area contributed by atoms with Gasteiger partial charge in [0.05, 0.1) is 5.56 Å². The van der Waals surface area contributed by atoms with E-state index in [0.29, 0.717) is 31.0 Å². The van der Waals surface area contributed by atoms with E-state index >= 15 is 0 Å². The van der Waals surface area contributed by atoms with Crippen molar-refractivity contribution < 1.29 is 14.3 Å². The molecule has 1 aromatic carbocycles. The normalized spacial score (nSPS) is 16.2. The van der Waals surface area contributed by atoms with Crippen LogP contribution in [0.4, 0.5) is 5.95 Å². The fourth-order valence-corrected chi connectivity index (χ4v) is 2.34. The molecule has 1 amide bonds. The number of cyclic esters (lactones) is 1. The first-order chi connectivity index (χ1) is 11.2. The molecule has 0 spiro atoms. The summed E-state index contributed by atoms with van der Waals surface area (Å²) < 4.78 is 5.19. The van der Waals surface area contributed by atoms with Crippen LogP contribution in [0.5, 0.6) is 0 Å². The number of nitrogens with zero attached hydrogens (tertiary/aromatic N) is 2. The highest BCUT2D eigenvalue weighted by Gasteiger charge is 2.30. The van der Waals surface area contributed by atoms with Gasteiger partial charge in [-0.15, -0.1) is 0 Å². The number of ether oxygens (including phenoxy) is 1. The molecule has 0 unspecified atom stereocenters. The first-order valence-electron chi connectivity index (χ1n) is 7.31. The lowest BCUT2D eigenvalue weighted by molar-refractivity contribution is -0.130. The number of fused-ring (bicyclic) bond motifs is 1. The van der Waals surface area contributed by atoms with E-state index in [4.69, 9.17) is 4.74 Å². The first-order valence-corrected chi connectivity index (χ1v) is 7.31. The van der Waals surface area contributed by atoms with Crippen LogP contribution in [0, 0.1) is 0 Å². The summed E-state index contributed by atoms with van der Waals surface area (Å²) in [5.74, 6) is -0.258. The summed E-state index contributed by atoms with van der Waals surface area (Å²) in [6.07, 6.45) is 2.87. The molecule has 0 radical (unpaired) electrons. The van der Waals surface area contributed by atoms with Crippen LogP contribution < -0.4 is 10.6 Å². The lowest BCUT2D eigenvalue weighted by Crippen LogP contribution is -2.43. The van der Waals surface area contributed by atoms with Crippen LogP contribution in [0.1, 0.15) is 15.9 Å². The standard InChI is InChI=1S/C16H16N4O3/c21-14(17-8-9-20-16-18-6-3-7-19-16)13-10-11-4-1-2-5-12(11)15(22)23-13/h1-7,13H,8-10H2,(H,17,21)(H,18,19,20)/t13-/m1/s1. The molecule has 3 rings (SSSR count). The van der Waals surface area contributed by atoms with Gasteiger partial charge < -0.3 is 15.4 Å². The highest BCUT2D eigenvalue weighted by Crippen LogP contribution is 2.20. The summed E-state index contributed by atoms with van der Waals surface area (Å²) in [5, 5.41) is 5.72. The molecule has 2 aromatic rings. The van der Waals surface area contributed by atoms with Crippen molar-refractivity contribution in [1.82, 2.24) is 15.3 Å². The molecular formula is C16H16N4O3. The van der Waals surface area contributed by atoms with Crippen molar-refractivity contribution in [2.45, 2.75) is 12.5 Å². The van der Waals surface area contributed by atoms with Gasteiger partial charge in [0.15, 0.2) is 6.10 Å². The molecule has 0 saturated carbocycles. The van der Waals surface area contributed by atoms with Crippen molar-refractivity contribution in [2.75, 3.05) is 18.4 Å². The maximum Gasteiger partial charge on any atom is 0.339 e. The van der Waals surface area contributed by atoms with Gasteiger partial charge in [-0.25, -0.2) is 14.8 Å². The number of benzene rings is 1. The van der Waals surface area contributed by atoms with Gasteiger partial charge in [-0.05, 0) is 17.7 Å². The summed E-state index contributed by atoms with van der Waals surface area (Å²) in [6.45, 7) is 0.861. The molecule has 2 heterocycles. The molecule has 118 valence electrons. The zero-order valence-corrected chi connectivity index (χ0v) is 12.4. The van der Waals surface area contributed by atoms with E-state index in [0.717, 1.165) is 5.56 Å². The van der Waals surface area contributed by atoms with E-state index in [9.17, 15) is 9.59 Å². The molecule has 0 aliphatic carbocycles. The Bertz CT molecular complexity index is 705. The Labute approximate surface area is 133 Å². The fourth-order valence-electron chi connectivity index (χ4n) is 2.34. The van der Waals surface area contributed by atoms with Crippen molar-refractivity contribution in [3.8, 4) is 0 Å². The third kappa shape index (κ3) is 3.63. The van der Waals surface area contributed by atoms with Gasteiger partial charge in [-0.3, -0.25) is 4.79 Å². The second kappa shape index (κ2) is 6.87. The molecule has 0 bridgehead atoms. The summed E-state index contributed by atoms with van der Waals surface area (Å²) in [5.41, 5.74) is 1.36. The van der Waals surface area contributed by atoms with Crippen molar-refractivity contribution in [2.24, 2.45) is 0 Å². The zero-order valence-electron chi connectivity index (χ0n) is 12.4. The molecule has 0 fully saturated rings. The topological polar surface area (TPSA) is 93.2 Å². The summed E-state index contributed by atoms with van der Waals surface area (Å²) >= 11 is 0. The van der Waals surface area contributed by atoms with Crippen LogP contribution >= 0.6 is 0 Å². The molecular weight excluding hydrogens is 296 g/mol. The molecule has 7 heteroatoms. The van der Waals surface area contributed by atoms with E-state index in [2.05, 4.69) is 20.6 Å². The van der Waals surface area contributed by atoms with Crippen LogP contribution in [0.15, 0.2) is 42.7 Å². The van der Waals surface area contributed by atoms with E-state index in [-0.39, 0.29) is 5.91 Å². The quantitative estimate of drug-likeness (QED) is 0.626. The van der Waals surface area contributed by atoms with Gasteiger partial charge in [0.1, 0.15) is 0 Å². The minimum Gasteiger partial charge on any atom is -0.448 e. The second-order valence-electron chi connectivity index (χ2n) is 5.05. The number of carbonyl (C=O) groups is 2. The minimum absolute atomic E-state index is 0.302. The maximum atomic E-state index is 12.1. The van der Waals surface area contributed by atoms with Crippen molar-refractivity contribution in [3.63, 3.8) is 0 Å². The van der Waals surface area contributed by atoms with Crippen LogP contribution in [-0.4, -0.2) is 41.0 Å². The van der Waals surface area contributed by atoms with E-state index in [1.54, 1.807) is 30.6 Å². The number of anilines is 1. The fraction of sp³-hybridized carbons (Fsp3) is 0.250. The molecule has 23 heavy (non-hydrogen) atoms. The van der Waals surface area contributed by atoms with Crippen LogP contribution in [-0.2, 0) is 16.0 Å². The van der Waals surface area contributed by atoms with E-state index < -0.39 is 12.1 Å². The van der Waals surface area contributed by atoms with Gasteiger partial charge in [0.2, 0.25) is 5.95 Å². The summed E-state index contributed by atoms with van der Waals surface area (Å²) in [4.78, 5) is 32.0. The third-order valence-electron chi connectivity index (χ3n) is 3.46. The molecule has 7 nitrogen and oxygen atoms in total. The number of nitrogens with one attached hydrogen (secondary N) is 2.